The van der Waals surface area contributed by atoms with E-state index in [9.17, 15) is 8.42 Å². The molecule has 3 heterocycles. The number of fused-ring (bicyclic) bond motifs is 3. The first-order valence-corrected chi connectivity index (χ1v) is 9.50. The van der Waals surface area contributed by atoms with Crippen molar-refractivity contribution in [3.63, 3.8) is 0 Å². The van der Waals surface area contributed by atoms with Crippen molar-refractivity contribution in [1.82, 2.24) is 19.5 Å². The summed E-state index contributed by atoms with van der Waals surface area (Å²) in [6.45, 7) is 0.675. The van der Waals surface area contributed by atoms with Gasteiger partial charge in [0, 0.05) is 30.7 Å². The normalized spacial score (nSPS) is 15.0. The quantitative estimate of drug-likeness (QED) is 0.747. The molecule has 3 aromatic rings. The Morgan fingerprint density at radius 2 is 1.96 bits per heavy atom. The highest BCUT2D eigenvalue weighted by Crippen LogP contribution is 2.33. The van der Waals surface area contributed by atoms with E-state index in [1.165, 1.54) is 30.7 Å². The molecular formula is C17H18N4O4S. The van der Waals surface area contributed by atoms with Crippen LogP contribution in [0.25, 0.3) is 11.0 Å². The van der Waals surface area contributed by atoms with Gasteiger partial charge in [0.15, 0.2) is 17.1 Å². The first kappa shape index (κ1) is 16.8. The van der Waals surface area contributed by atoms with Crippen molar-refractivity contribution in [1.29, 1.82) is 0 Å². The molecule has 0 atom stereocenters. The molecule has 0 bridgehead atoms. The van der Waals surface area contributed by atoms with Crippen molar-refractivity contribution >= 4 is 21.1 Å². The number of sulfonamides is 1. The van der Waals surface area contributed by atoms with E-state index in [0.717, 1.165) is 22.2 Å². The number of aromatic amines is 1. The van der Waals surface area contributed by atoms with Gasteiger partial charge in [0.05, 0.1) is 25.3 Å². The van der Waals surface area contributed by atoms with Gasteiger partial charge >= 0.3 is 0 Å². The summed E-state index contributed by atoms with van der Waals surface area (Å²) >= 11 is 0. The van der Waals surface area contributed by atoms with Crippen molar-refractivity contribution in [3.8, 4) is 11.5 Å². The predicted molar refractivity (Wildman–Crippen MR) is 94.7 cm³/mol. The molecule has 2 aromatic heterocycles. The van der Waals surface area contributed by atoms with Crippen molar-refractivity contribution < 1.29 is 17.9 Å². The molecule has 1 aliphatic heterocycles. The fourth-order valence-corrected chi connectivity index (χ4v) is 4.70. The fourth-order valence-electron chi connectivity index (χ4n) is 3.26. The summed E-state index contributed by atoms with van der Waals surface area (Å²) in [6, 6.07) is 4.62. The molecule has 26 heavy (non-hydrogen) atoms. The largest absolute Gasteiger partial charge is 0.493 e. The second kappa shape index (κ2) is 6.26. The predicted octanol–water partition coefficient (Wildman–Crippen LogP) is 1.72. The summed E-state index contributed by atoms with van der Waals surface area (Å²) in [5, 5.41) is 7.81. The Bertz CT molecular complexity index is 1080. The third kappa shape index (κ3) is 2.60. The van der Waals surface area contributed by atoms with Gasteiger partial charge in [-0.3, -0.25) is 5.10 Å². The summed E-state index contributed by atoms with van der Waals surface area (Å²) in [7, 11) is -0.665. The van der Waals surface area contributed by atoms with E-state index in [1.54, 1.807) is 18.5 Å². The molecule has 0 saturated heterocycles. The molecule has 0 fully saturated rings. The molecule has 1 N–H and O–H groups in total. The van der Waals surface area contributed by atoms with Crippen LogP contribution in [0.5, 0.6) is 11.5 Å². The zero-order valence-electron chi connectivity index (χ0n) is 14.4. The van der Waals surface area contributed by atoms with E-state index in [1.807, 2.05) is 0 Å². The van der Waals surface area contributed by atoms with Gasteiger partial charge in [-0.25, -0.2) is 13.4 Å². The van der Waals surface area contributed by atoms with E-state index in [4.69, 9.17) is 9.47 Å². The van der Waals surface area contributed by atoms with Crippen LogP contribution in [-0.4, -0.2) is 48.7 Å². The van der Waals surface area contributed by atoms with Crippen LogP contribution in [0.3, 0.4) is 0 Å². The lowest BCUT2D eigenvalue weighted by Crippen LogP contribution is -2.36. The average molecular weight is 374 g/mol. The molecule has 0 saturated carbocycles. The van der Waals surface area contributed by atoms with Crippen LogP contribution in [0.4, 0.5) is 0 Å². The van der Waals surface area contributed by atoms with E-state index in [2.05, 4.69) is 15.2 Å². The van der Waals surface area contributed by atoms with Crippen LogP contribution in [-0.2, 0) is 23.0 Å². The highest BCUT2D eigenvalue weighted by Gasteiger charge is 2.30. The molecule has 0 radical (unpaired) electrons. The van der Waals surface area contributed by atoms with Gasteiger partial charge in [0.2, 0.25) is 10.0 Å². The van der Waals surface area contributed by atoms with Crippen LogP contribution in [0.15, 0.2) is 35.5 Å². The Labute approximate surface area is 150 Å². The maximum atomic E-state index is 13.1. The van der Waals surface area contributed by atoms with Gasteiger partial charge in [0.1, 0.15) is 0 Å². The number of pyridine rings is 1. The Morgan fingerprint density at radius 3 is 2.73 bits per heavy atom. The lowest BCUT2D eigenvalue weighted by molar-refractivity contribution is 0.353. The van der Waals surface area contributed by atoms with Crippen LogP contribution in [0.1, 0.15) is 11.1 Å². The van der Waals surface area contributed by atoms with Crippen LogP contribution in [0.2, 0.25) is 0 Å². The molecule has 1 aliphatic rings. The van der Waals surface area contributed by atoms with Gasteiger partial charge in [-0.2, -0.15) is 9.40 Å². The summed E-state index contributed by atoms with van der Waals surface area (Å²) in [5.41, 5.74) is 2.72. The Morgan fingerprint density at radius 1 is 1.15 bits per heavy atom. The van der Waals surface area contributed by atoms with Gasteiger partial charge in [-0.05, 0) is 29.7 Å². The molecule has 0 aliphatic carbocycles. The highest BCUT2D eigenvalue weighted by molar-refractivity contribution is 7.89. The zero-order chi connectivity index (χ0) is 18.3. The third-order valence-electron chi connectivity index (χ3n) is 4.63. The molecule has 0 unspecified atom stereocenters. The maximum absolute atomic E-state index is 13.1. The Balaban J connectivity index is 1.69. The third-order valence-corrected chi connectivity index (χ3v) is 6.47. The first-order valence-electron chi connectivity index (χ1n) is 8.06. The van der Waals surface area contributed by atoms with Gasteiger partial charge in [-0.15, -0.1) is 0 Å². The summed E-state index contributed by atoms with van der Waals surface area (Å²) in [4.78, 5) is 4.49. The SMILES string of the molecule is COc1ccc(S(=O)(=O)N2CCc3c(cnc4[nH]ncc34)C2)cc1OC. The van der Waals surface area contributed by atoms with Crippen LogP contribution in [0, 0.1) is 0 Å². The monoisotopic (exact) mass is 374 g/mol. The number of rotatable bonds is 4. The Kier molecular flexibility index (Phi) is 4.04. The molecule has 1 aromatic carbocycles. The number of ether oxygens (including phenoxy) is 2. The molecule has 8 nitrogen and oxygen atoms in total. The van der Waals surface area contributed by atoms with Gasteiger partial charge in [-0.1, -0.05) is 0 Å². The van der Waals surface area contributed by atoms with Crippen molar-refractivity contribution in [2.75, 3.05) is 20.8 Å². The average Bonchev–Trinajstić information content (AvgIpc) is 3.16. The number of nitrogens with one attached hydrogen (secondary N) is 1. The lowest BCUT2D eigenvalue weighted by Gasteiger charge is -2.28. The van der Waals surface area contributed by atoms with E-state index in [-0.39, 0.29) is 11.4 Å². The number of hydrogen-bond acceptors (Lipinski definition) is 6. The number of hydrogen-bond donors (Lipinski definition) is 1. The smallest absolute Gasteiger partial charge is 0.243 e. The molecular weight excluding hydrogens is 356 g/mol. The minimum Gasteiger partial charge on any atom is -0.493 e. The second-order valence-electron chi connectivity index (χ2n) is 6.00. The fraction of sp³-hybridized carbons (Fsp3) is 0.294. The number of methoxy groups -OCH3 is 2. The van der Waals surface area contributed by atoms with Crippen LogP contribution >= 0.6 is 0 Å². The molecule has 4 rings (SSSR count). The Hall–Kier alpha value is -2.65. The van der Waals surface area contributed by atoms with E-state index < -0.39 is 10.0 Å². The standard InChI is InChI=1S/C17H18N4O4S/c1-24-15-4-3-12(7-16(15)25-2)26(22,23)21-6-5-13-11(10-21)8-18-17-14(13)9-19-20-17/h3-4,7-9H,5-6,10H2,1-2H3,(H,18,19,20). The lowest BCUT2D eigenvalue weighted by atomic mass is 10.0. The second-order valence-corrected chi connectivity index (χ2v) is 7.94. The molecule has 0 spiro atoms. The summed E-state index contributed by atoms with van der Waals surface area (Å²) in [5.74, 6) is 0.870. The van der Waals surface area contributed by atoms with Crippen molar-refractivity contribution in [2.45, 2.75) is 17.9 Å². The van der Waals surface area contributed by atoms with Gasteiger partial charge in [0.25, 0.3) is 0 Å². The van der Waals surface area contributed by atoms with Gasteiger partial charge < -0.3 is 9.47 Å². The topological polar surface area (TPSA) is 97.4 Å². The van der Waals surface area contributed by atoms with Crippen molar-refractivity contribution in [3.05, 3.63) is 41.7 Å². The highest BCUT2D eigenvalue weighted by atomic mass is 32.2. The number of aromatic nitrogens is 3. The number of nitrogens with zero attached hydrogens (tertiary/aromatic N) is 3. The molecule has 9 heteroatoms. The summed E-state index contributed by atoms with van der Waals surface area (Å²) < 4.78 is 38.0. The maximum Gasteiger partial charge on any atom is 0.243 e. The first-order chi connectivity index (χ1) is 12.5. The number of H-pyrrole nitrogens is 1. The summed E-state index contributed by atoms with van der Waals surface area (Å²) in [6.07, 6.45) is 4.06. The minimum absolute atomic E-state index is 0.177. The molecule has 0 amide bonds. The van der Waals surface area contributed by atoms with Crippen LogP contribution < -0.4 is 9.47 Å². The molecule has 136 valence electrons. The minimum atomic E-state index is -3.66. The zero-order valence-corrected chi connectivity index (χ0v) is 15.2. The van der Waals surface area contributed by atoms with Crippen molar-refractivity contribution in [2.24, 2.45) is 0 Å². The number of benzene rings is 1. The van der Waals surface area contributed by atoms with E-state index in [0.29, 0.717) is 24.5 Å². The van der Waals surface area contributed by atoms with E-state index >= 15 is 0 Å².